The largest absolute Gasteiger partial charge is 0.495 e. The molecule has 6 heteroatoms. The molecule has 1 N–H and O–H groups in total. The zero-order valence-corrected chi connectivity index (χ0v) is 16.1. The molecule has 0 unspecified atom stereocenters. The number of rotatable bonds is 3. The summed E-state index contributed by atoms with van der Waals surface area (Å²) in [4.78, 5) is 16.7. The van der Waals surface area contributed by atoms with Crippen molar-refractivity contribution in [1.82, 2.24) is 4.90 Å². The number of urea groups is 1. The highest BCUT2D eigenvalue weighted by Crippen LogP contribution is 2.28. The van der Waals surface area contributed by atoms with Crippen LogP contribution in [0.15, 0.2) is 36.4 Å². The summed E-state index contributed by atoms with van der Waals surface area (Å²) < 4.78 is 5.13. The first kappa shape index (κ1) is 18.4. The molecule has 1 heterocycles. The summed E-state index contributed by atoms with van der Waals surface area (Å²) >= 11 is 6.12. The quantitative estimate of drug-likeness (QED) is 0.871. The van der Waals surface area contributed by atoms with E-state index in [-0.39, 0.29) is 6.03 Å². The highest BCUT2D eigenvalue weighted by molar-refractivity contribution is 6.32. The Balaban J connectivity index is 1.61. The van der Waals surface area contributed by atoms with Crippen LogP contribution in [0.4, 0.5) is 16.2 Å². The molecule has 0 aliphatic carbocycles. The van der Waals surface area contributed by atoms with Crippen LogP contribution in [0.1, 0.15) is 11.1 Å². The number of carbonyl (C=O) groups excluding carboxylic acids is 1. The normalized spacial score (nSPS) is 14.3. The average molecular weight is 374 g/mol. The fourth-order valence-electron chi connectivity index (χ4n) is 3.38. The van der Waals surface area contributed by atoms with E-state index >= 15 is 0 Å². The van der Waals surface area contributed by atoms with E-state index in [2.05, 4.69) is 42.3 Å². The van der Waals surface area contributed by atoms with Gasteiger partial charge in [-0.2, -0.15) is 0 Å². The summed E-state index contributed by atoms with van der Waals surface area (Å²) in [7, 11) is 1.56. The van der Waals surface area contributed by atoms with Crippen molar-refractivity contribution in [3.8, 4) is 5.75 Å². The number of ether oxygens (including phenoxy) is 1. The molecule has 0 atom stereocenters. The third kappa shape index (κ3) is 3.88. The number of benzene rings is 2. The van der Waals surface area contributed by atoms with Crippen molar-refractivity contribution in [3.05, 3.63) is 52.5 Å². The number of nitrogens with zero attached hydrogens (tertiary/aromatic N) is 2. The van der Waals surface area contributed by atoms with Gasteiger partial charge in [-0.25, -0.2) is 4.79 Å². The van der Waals surface area contributed by atoms with Crippen molar-refractivity contribution in [1.29, 1.82) is 0 Å². The molecule has 2 amide bonds. The minimum Gasteiger partial charge on any atom is -0.495 e. The lowest BCUT2D eigenvalue weighted by molar-refractivity contribution is 0.208. The van der Waals surface area contributed by atoms with Crippen LogP contribution in [-0.2, 0) is 0 Å². The topological polar surface area (TPSA) is 44.8 Å². The molecule has 2 aromatic rings. The monoisotopic (exact) mass is 373 g/mol. The van der Waals surface area contributed by atoms with Gasteiger partial charge in [0.15, 0.2) is 0 Å². The number of halogens is 1. The van der Waals surface area contributed by atoms with Crippen LogP contribution >= 0.6 is 11.6 Å². The number of carbonyl (C=O) groups is 1. The molecule has 1 fully saturated rings. The Hall–Kier alpha value is -2.40. The molecule has 0 aromatic heterocycles. The zero-order valence-electron chi connectivity index (χ0n) is 15.4. The summed E-state index contributed by atoms with van der Waals surface area (Å²) in [5, 5.41) is 3.39. The van der Waals surface area contributed by atoms with Gasteiger partial charge in [0.05, 0.1) is 12.1 Å². The molecule has 138 valence electrons. The fraction of sp³-hybridized carbons (Fsp3) is 0.350. The minimum absolute atomic E-state index is 0.104. The Kier molecular flexibility index (Phi) is 5.57. The summed E-state index contributed by atoms with van der Waals surface area (Å²) in [6.07, 6.45) is 0. The SMILES string of the molecule is COc1ccc(NC(=O)N2CCN(c3c(C)cccc3C)CC2)cc1Cl. The molecule has 1 aliphatic rings. The second-order valence-electron chi connectivity index (χ2n) is 6.49. The summed E-state index contributed by atoms with van der Waals surface area (Å²) in [6.45, 7) is 7.28. The zero-order chi connectivity index (χ0) is 18.7. The number of methoxy groups -OCH3 is 1. The van der Waals surface area contributed by atoms with Crippen LogP contribution in [0, 0.1) is 13.8 Å². The molecule has 0 saturated carbocycles. The third-order valence-electron chi connectivity index (χ3n) is 4.73. The number of anilines is 2. The number of nitrogens with one attached hydrogen (secondary N) is 1. The van der Waals surface area contributed by atoms with E-state index in [0.717, 1.165) is 13.1 Å². The van der Waals surface area contributed by atoms with Gasteiger partial charge >= 0.3 is 6.03 Å². The maximum absolute atomic E-state index is 12.5. The van der Waals surface area contributed by atoms with Crippen molar-refractivity contribution < 1.29 is 9.53 Å². The lowest BCUT2D eigenvalue weighted by atomic mass is 10.1. The molecule has 0 bridgehead atoms. The van der Waals surface area contributed by atoms with Crippen molar-refractivity contribution in [2.75, 3.05) is 43.5 Å². The first-order valence-corrected chi connectivity index (χ1v) is 9.08. The van der Waals surface area contributed by atoms with Gasteiger partial charge in [0.2, 0.25) is 0 Å². The van der Waals surface area contributed by atoms with E-state index < -0.39 is 0 Å². The van der Waals surface area contributed by atoms with Gasteiger partial charge in [-0.3, -0.25) is 0 Å². The van der Waals surface area contributed by atoms with E-state index in [4.69, 9.17) is 16.3 Å². The second kappa shape index (κ2) is 7.87. The molecule has 26 heavy (non-hydrogen) atoms. The minimum atomic E-state index is -0.104. The number of hydrogen-bond donors (Lipinski definition) is 1. The number of amides is 2. The van der Waals surface area contributed by atoms with Gasteiger partial charge in [0, 0.05) is 37.6 Å². The van der Waals surface area contributed by atoms with Gasteiger partial charge in [-0.15, -0.1) is 0 Å². The van der Waals surface area contributed by atoms with E-state index in [9.17, 15) is 4.79 Å². The van der Waals surface area contributed by atoms with Crippen molar-refractivity contribution in [2.24, 2.45) is 0 Å². The van der Waals surface area contributed by atoms with E-state index in [1.807, 2.05) is 4.90 Å². The highest BCUT2D eigenvalue weighted by Gasteiger charge is 2.23. The number of piperazine rings is 1. The predicted molar refractivity (Wildman–Crippen MR) is 107 cm³/mol. The number of para-hydroxylation sites is 1. The van der Waals surface area contributed by atoms with E-state index in [1.165, 1.54) is 16.8 Å². The molecular formula is C20H24ClN3O2. The number of hydrogen-bond acceptors (Lipinski definition) is 3. The highest BCUT2D eigenvalue weighted by atomic mass is 35.5. The average Bonchev–Trinajstić information content (AvgIpc) is 2.62. The smallest absolute Gasteiger partial charge is 0.321 e. The molecule has 0 spiro atoms. The predicted octanol–water partition coefficient (Wildman–Crippen LogP) is 4.32. The first-order valence-electron chi connectivity index (χ1n) is 8.70. The third-order valence-corrected chi connectivity index (χ3v) is 5.02. The molecule has 1 saturated heterocycles. The van der Waals surface area contributed by atoms with Crippen LogP contribution in [0.3, 0.4) is 0 Å². The van der Waals surface area contributed by atoms with Gasteiger partial charge in [-0.1, -0.05) is 29.8 Å². The van der Waals surface area contributed by atoms with E-state index in [0.29, 0.717) is 29.5 Å². The standard InChI is InChI=1S/C20H24ClN3O2/c1-14-5-4-6-15(2)19(14)23-9-11-24(12-10-23)20(25)22-16-7-8-18(26-3)17(21)13-16/h4-8,13H,9-12H2,1-3H3,(H,22,25). The Morgan fingerprint density at radius 2 is 1.73 bits per heavy atom. The summed E-state index contributed by atoms with van der Waals surface area (Å²) in [5.41, 5.74) is 4.50. The van der Waals surface area contributed by atoms with Gasteiger partial charge in [0.1, 0.15) is 5.75 Å². The molecule has 0 radical (unpaired) electrons. The molecular weight excluding hydrogens is 350 g/mol. The Labute approximate surface area is 159 Å². The fourth-order valence-corrected chi connectivity index (χ4v) is 3.64. The molecule has 2 aromatic carbocycles. The maximum Gasteiger partial charge on any atom is 0.321 e. The number of aryl methyl sites for hydroxylation is 2. The van der Waals surface area contributed by atoms with Crippen LogP contribution in [0.5, 0.6) is 5.75 Å². The maximum atomic E-state index is 12.5. The van der Waals surface area contributed by atoms with Gasteiger partial charge in [0.25, 0.3) is 0 Å². The second-order valence-corrected chi connectivity index (χ2v) is 6.90. The van der Waals surface area contributed by atoms with Crippen LogP contribution in [-0.4, -0.2) is 44.2 Å². The molecule has 3 rings (SSSR count). The van der Waals surface area contributed by atoms with Crippen molar-refractivity contribution >= 4 is 29.0 Å². The van der Waals surface area contributed by atoms with Crippen LogP contribution < -0.4 is 15.0 Å². The van der Waals surface area contributed by atoms with Crippen LogP contribution in [0.2, 0.25) is 5.02 Å². The molecule has 5 nitrogen and oxygen atoms in total. The van der Waals surface area contributed by atoms with Crippen LogP contribution in [0.25, 0.3) is 0 Å². The van der Waals surface area contributed by atoms with Gasteiger partial charge < -0.3 is 19.9 Å². The van der Waals surface area contributed by atoms with E-state index in [1.54, 1.807) is 25.3 Å². The Morgan fingerprint density at radius 1 is 1.08 bits per heavy atom. The first-order chi connectivity index (χ1) is 12.5. The van der Waals surface area contributed by atoms with Crippen molar-refractivity contribution in [3.63, 3.8) is 0 Å². The lowest BCUT2D eigenvalue weighted by Crippen LogP contribution is -2.50. The summed E-state index contributed by atoms with van der Waals surface area (Å²) in [5.74, 6) is 0.590. The Morgan fingerprint density at radius 3 is 2.31 bits per heavy atom. The summed E-state index contributed by atoms with van der Waals surface area (Å²) in [6, 6.07) is 11.5. The Bertz CT molecular complexity index is 781. The van der Waals surface area contributed by atoms with Gasteiger partial charge in [-0.05, 0) is 43.2 Å². The lowest BCUT2D eigenvalue weighted by Gasteiger charge is -2.37. The molecule has 1 aliphatic heterocycles. The van der Waals surface area contributed by atoms with Crippen molar-refractivity contribution in [2.45, 2.75) is 13.8 Å².